The molecule has 1 heterocycles. The van der Waals surface area contributed by atoms with Crippen LogP contribution in [0.3, 0.4) is 0 Å². The van der Waals surface area contributed by atoms with Gasteiger partial charge in [-0.1, -0.05) is 11.6 Å². The van der Waals surface area contributed by atoms with Crippen molar-refractivity contribution in [3.05, 3.63) is 51.5 Å². The second kappa shape index (κ2) is 5.10. The highest BCUT2D eigenvalue weighted by molar-refractivity contribution is 9.10. The molecule has 0 spiro atoms. The van der Waals surface area contributed by atoms with Gasteiger partial charge in [0.2, 0.25) is 0 Å². The fourth-order valence-electron chi connectivity index (χ4n) is 1.57. The van der Waals surface area contributed by atoms with Crippen LogP contribution in [0.4, 0.5) is 10.1 Å². The Labute approximate surface area is 113 Å². The number of nitrogens with one attached hydrogen (secondary N) is 1. The first kappa shape index (κ1) is 12.5. The van der Waals surface area contributed by atoms with Crippen LogP contribution in [-0.4, -0.2) is 4.57 Å². The molecule has 0 saturated heterocycles. The summed E-state index contributed by atoms with van der Waals surface area (Å²) in [6.07, 6.45) is 3.98. The van der Waals surface area contributed by atoms with Crippen molar-refractivity contribution >= 4 is 33.2 Å². The van der Waals surface area contributed by atoms with E-state index in [4.69, 9.17) is 11.6 Å². The Morgan fingerprint density at radius 2 is 2.24 bits per heavy atom. The van der Waals surface area contributed by atoms with Crippen LogP contribution in [-0.2, 0) is 13.6 Å². The number of rotatable bonds is 3. The van der Waals surface area contributed by atoms with Gasteiger partial charge < -0.3 is 9.88 Å². The molecular formula is C12H11BrClFN2. The summed E-state index contributed by atoms with van der Waals surface area (Å²) in [6, 6.07) is 4.69. The molecule has 1 aromatic carbocycles. The number of aromatic nitrogens is 1. The van der Waals surface area contributed by atoms with Gasteiger partial charge in [-0.2, -0.15) is 0 Å². The lowest BCUT2D eigenvalue weighted by molar-refractivity contribution is 0.627. The fraction of sp³-hybridized carbons (Fsp3) is 0.167. The highest BCUT2D eigenvalue weighted by Gasteiger charge is 2.07. The first-order valence-electron chi connectivity index (χ1n) is 5.05. The van der Waals surface area contributed by atoms with Gasteiger partial charge in [0.15, 0.2) is 0 Å². The zero-order chi connectivity index (χ0) is 12.4. The van der Waals surface area contributed by atoms with E-state index in [-0.39, 0.29) is 5.82 Å². The lowest BCUT2D eigenvalue weighted by atomic mass is 10.3. The van der Waals surface area contributed by atoms with Gasteiger partial charge in [-0.3, -0.25) is 0 Å². The molecule has 0 aliphatic rings. The van der Waals surface area contributed by atoms with Crippen LogP contribution < -0.4 is 5.32 Å². The van der Waals surface area contributed by atoms with E-state index >= 15 is 0 Å². The molecule has 0 atom stereocenters. The van der Waals surface area contributed by atoms with Gasteiger partial charge in [0.1, 0.15) is 5.82 Å². The van der Waals surface area contributed by atoms with Crippen LogP contribution in [0.25, 0.3) is 0 Å². The molecule has 17 heavy (non-hydrogen) atoms. The average molecular weight is 318 g/mol. The monoisotopic (exact) mass is 316 g/mol. The smallest absolute Gasteiger partial charge is 0.125 e. The van der Waals surface area contributed by atoms with Crippen LogP contribution in [0.15, 0.2) is 35.1 Å². The Hall–Kier alpha value is -1.00. The number of anilines is 1. The lowest BCUT2D eigenvalue weighted by Gasteiger charge is -2.09. The molecule has 0 radical (unpaired) electrons. The van der Waals surface area contributed by atoms with E-state index < -0.39 is 0 Å². The minimum absolute atomic E-state index is 0.355. The SMILES string of the molecule is Cn1ccc(CNc2c(Cl)cc(F)cc2Br)c1. The molecule has 5 heteroatoms. The van der Waals surface area contributed by atoms with Crippen molar-refractivity contribution in [3.63, 3.8) is 0 Å². The van der Waals surface area contributed by atoms with E-state index in [1.807, 2.05) is 30.1 Å². The van der Waals surface area contributed by atoms with Crippen molar-refractivity contribution in [3.8, 4) is 0 Å². The third-order valence-electron chi connectivity index (χ3n) is 2.37. The number of nitrogens with zero attached hydrogens (tertiary/aromatic N) is 1. The van der Waals surface area contributed by atoms with E-state index in [9.17, 15) is 4.39 Å². The number of hydrogen-bond donors (Lipinski definition) is 1. The van der Waals surface area contributed by atoms with E-state index in [0.29, 0.717) is 21.7 Å². The van der Waals surface area contributed by atoms with Crippen LogP contribution in [0, 0.1) is 5.82 Å². The molecule has 0 unspecified atom stereocenters. The summed E-state index contributed by atoms with van der Waals surface area (Å²) in [5, 5.41) is 3.55. The Kier molecular flexibility index (Phi) is 3.74. The van der Waals surface area contributed by atoms with Crippen molar-refractivity contribution < 1.29 is 4.39 Å². The van der Waals surface area contributed by atoms with Gasteiger partial charge in [-0.15, -0.1) is 0 Å². The second-order valence-corrected chi connectivity index (χ2v) is 5.04. The Morgan fingerprint density at radius 1 is 1.47 bits per heavy atom. The molecule has 90 valence electrons. The average Bonchev–Trinajstić information content (AvgIpc) is 2.62. The van der Waals surface area contributed by atoms with Gasteiger partial charge in [0, 0.05) is 30.5 Å². The molecule has 0 saturated carbocycles. The fourth-order valence-corrected chi connectivity index (χ4v) is 2.53. The Morgan fingerprint density at radius 3 is 2.82 bits per heavy atom. The minimum atomic E-state index is -0.355. The predicted molar refractivity (Wildman–Crippen MR) is 71.8 cm³/mol. The standard InChI is InChI=1S/C12H11BrClFN2/c1-17-3-2-8(7-17)6-16-12-10(13)4-9(15)5-11(12)14/h2-5,7,16H,6H2,1H3. The van der Waals surface area contributed by atoms with Crippen molar-refractivity contribution in [1.82, 2.24) is 4.57 Å². The van der Waals surface area contributed by atoms with Gasteiger partial charge in [-0.25, -0.2) is 4.39 Å². The maximum atomic E-state index is 13.0. The predicted octanol–water partition coefficient (Wildman–Crippen LogP) is 4.19. The summed E-state index contributed by atoms with van der Waals surface area (Å²) >= 11 is 9.25. The highest BCUT2D eigenvalue weighted by atomic mass is 79.9. The zero-order valence-corrected chi connectivity index (χ0v) is 11.5. The number of halogens is 3. The molecular weight excluding hydrogens is 307 g/mol. The summed E-state index contributed by atoms with van der Waals surface area (Å²) in [4.78, 5) is 0. The molecule has 0 bridgehead atoms. The number of benzene rings is 1. The molecule has 2 rings (SSSR count). The van der Waals surface area contributed by atoms with Crippen LogP contribution >= 0.6 is 27.5 Å². The van der Waals surface area contributed by atoms with Crippen LogP contribution in [0.5, 0.6) is 0 Å². The lowest BCUT2D eigenvalue weighted by Crippen LogP contribution is -2.00. The summed E-state index contributed by atoms with van der Waals surface area (Å²) in [6.45, 7) is 0.644. The highest BCUT2D eigenvalue weighted by Crippen LogP contribution is 2.31. The summed E-state index contributed by atoms with van der Waals surface area (Å²) in [7, 11) is 1.96. The Bertz CT molecular complexity index is 516. The molecule has 0 aliphatic heterocycles. The Balaban J connectivity index is 2.14. The van der Waals surface area contributed by atoms with Crippen molar-refractivity contribution in [2.75, 3.05) is 5.32 Å². The largest absolute Gasteiger partial charge is 0.379 e. The van der Waals surface area contributed by atoms with E-state index in [0.717, 1.165) is 5.56 Å². The normalized spacial score (nSPS) is 10.6. The van der Waals surface area contributed by atoms with Crippen molar-refractivity contribution in [2.24, 2.45) is 7.05 Å². The second-order valence-electron chi connectivity index (χ2n) is 3.78. The van der Waals surface area contributed by atoms with Crippen LogP contribution in [0.1, 0.15) is 5.56 Å². The third kappa shape index (κ3) is 3.01. The first-order chi connectivity index (χ1) is 8.06. The quantitative estimate of drug-likeness (QED) is 0.898. The van der Waals surface area contributed by atoms with Gasteiger partial charge in [-0.05, 0) is 39.7 Å². The zero-order valence-electron chi connectivity index (χ0n) is 9.17. The number of hydrogen-bond acceptors (Lipinski definition) is 1. The summed E-state index contributed by atoms with van der Waals surface area (Å²) in [5.74, 6) is -0.355. The molecule has 0 fully saturated rings. The molecule has 1 N–H and O–H groups in total. The van der Waals surface area contributed by atoms with Gasteiger partial charge >= 0.3 is 0 Å². The summed E-state index contributed by atoms with van der Waals surface area (Å²) < 4.78 is 15.6. The van der Waals surface area contributed by atoms with E-state index in [1.165, 1.54) is 12.1 Å². The van der Waals surface area contributed by atoms with Crippen molar-refractivity contribution in [1.29, 1.82) is 0 Å². The maximum absolute atomic E-state index is 13.0. The van der Waals surface area contributed by atoms with Crippen LogP contribution in [0.2, 0.25) is 5.02 Å². The van der Waals surface area contributed by atoms with Gasteiger partial charge in [0.05, 0.1) is 10.7 Å². The number of aryl methyl sites for hydroxylation is 1. The molecule has 0 aliphatic carbocycles. The summed E-state index contributed by atoms with van der Waals surface area (Å²) in [5.41, 5.74) is 1.84. The van der Waals surface area contributed by atoms with Gasteiger partial charge in [0.25, 0.3) is 0 Å². The van der Waals surface area contributed by atoms with E-state index in [2.05, 4.69) is 21.2 Å². The molecule has 0 amide bonds. The van der Waals surface area contributed by atoms with Crippen molar-refractivity contribution in [2.45, 2.75) is 6.54 Å². The third-order valence-corrected chi connectivity index (χ3v) is 3.29. The molecule has 2 nitrogen and oxygen atoms in total. The van der Waals surface area contributed by atoms with E-state index in [1.54, 1.807) is 0 Å². The first-order valence-corrected chi connectivity index (χ1v) is 6.22. The maximum Gasteiger partial charge on any atom is 0.125 e. The minimum Gasteiger partial charge on any atom is -0.379 e. The molecule has 1 aromatic heterocycles. The topological polar surface area (TPSA) is 17.0 Å². The molecule has 2 aromatic rings.